The minimum absolute atomic E-state index is 0.868. The lowest BCUT2D eigenvalue weighted by Crippen LogP contribution is -2.43. The van der Waals surface area contributed by atoms with Crippen molar-refractivity contribution in [2.75, 3.05) is 42.9 Å². The molecule has 5 nitrogen and oxygen atoms in total. The van der Waals surface area contributed by atoms with E-state index in [1.807, 2.05) is 0 Å². The Kier molecular flexibility index (Phi) is 3.09. The molecule has 0 atom stereocenters. The molecule has 1 saturated carbocycles. The summed E-state index contributed by atoms with van der Waals surface area (Å²) >= 11 is 0. The molecule has 1 aromatic heterocycles. The van der Waals surface area contributed by atoms with Crippen LogP contribution in [-0.4, -0.2) is 42.7 Å². The Morgan fingerprint density at radius 3 is 2.88 bits per heavy atom. The molecule has 2 fully saturated rings. The topological polar surface area (TPSA) is 53.1 Å². The van der Waals surface area contributed by atoms with Crippen molar-refractivity contribution in [3.63, 3.8) is 0 Å². The number of nitrogens with zero attached hydrogens (tertiary/aromatic N) is 3. The van der Waals surface area contributed by atoms with Crippen molar-refractivity contribution in [3.8, 4) is 0 Å². The number of nitrogens with one attached hydrogen (secondary N) is 2. The zero-order valence-corrected chi connectivity index (χ0v) is 10.0. The van der Waals surface area contributed by atoms with Crippen molar-refractivity contribution in [2.45, 2.75) is 12.8 Å². The summed E-state index contributed by atoms with van der Waals surface area (Å²) < 4.78 is 0. The highest BCUT2D eigenvalue weighted by molar-refractivity contribution is 5.48. The minimum Gasteiger partial charge on any atom is -0.370 e. The molecule has 2 heterocycles. The Morgan fingerprint density at radius 2 is 2.12 bits per heavy atom. The first kappa shape index (κ1) is 10.8. The van der Waals surface area contributed by atoms with Crippen LogP contribution in [0.25, 0.3) is 0 Å². The van der Waals surface area contributed by atoms with Crippen LogP contribution in [-0.2, 0) is 0 Å². The van der Waals surface area contributed by atoms with E-state index < -0.39 is 0 Å². The zero-order valence-electron chi connectivity index (χ0n) is 10.0. The second kappa shape index (κ2) is 4.87. The predicted molar refractivity (Wildman–Crippen MR) is 68.3 cm³/mol. The van der Waals surface area contributed by atoms with Crippen LogP contribution in [0.4, 0.5) is 11.6 Å². The summed E-state index contributed by atoms with van der Waals surface area (Å²) in [6.07, 6.45) is 4.39. The molecule has 92 valence electrons. The fraction of sp³-hybridized carbons (Fsp3) is 0.667. The van der Waals surface area contributed by atoms with Crippen LogP contribution < -0.4 is 15.5 Å². The summed E-state index contributed by atoms with van der Waals surface area (Å²) in [5.74, 6) is 2.87. The molecule has 0 amide bonds. The molecular formula is C12H19N5. The fourth-order valence-electron chi connectivity index (χ4n) is 2.08. The first-order valence-electron chi connectivity index (χ1n) is 6.43. The molecular weight excluding hydrogens is 214 g/mol. The minimum atomic E-state index is 0.868. The van der Waals surface area contributed by atoms with Crippen LogP contribution in [0.5, 0.6) is 0 Å². The van der Waals surface area contributed by atoms with Crippen LogP contribution in [0.2, 0.25) is 0 Å². The van der Waals surface area contributed by atoms with Crippen LogP contribution in [0.1, 0.15) is 12.8 Å². The monoisotopic (exact) mass is 233 g/mol. The molecule has 3 rings (SSSR count). The molecule has 1 aliphatic heterocycles. The molecule has 0 radical (unpaired) electrons. The largest absolute Gasteiger partial charge is 0.370 e. The smallest absolute Gasteiger partial charge is 0.134 e. The molecule has 1 aliphatic carbocycles. The number of anilines is 2. The SMILES string of the molecule is c1nc(NCC2CC2)cc(N2CCNCC2)n1. The highest BCUT2D eigenvalue weighted by Crippen LogP contribution is 2.28. The predicted octanol–water partition coefficient (Wildman–Crippen LogP) is 0.708. The van der Waals surface area contributed by atoms with Gasteiger partial charge in [0.15, 0.2) is 0 Å². The van der Waals surface area contributed by atoms with Gasteiger partial charge in [0.1, 0.15) is 18.0 Å². The van der Waals surface area contributed by atoms with Crippen molar-refractivity contribution < 1.29 is 0 Å². The summed E-state index contributed by atoms with van der Waals surface area (Å²) in [6.45, 7) is 5.18. The highest BCUT2D eigenvalue weighted by atomic mass is 15.2. The van der Waals surface area contributed by atoms with Gasteiger partial charge in [-0.2, -0.15) is 0 Å². The zero-order chi connectivity index (χ0) is 11.5. The van der Waals surface area contributed by atoms with Gasteiger partial charge in [0.05, 0.1) is 0 Å². The number of piperazine rings is 1. The molecule has 5 heteroatoms. The quantitative estimate of drug-likeness (QED) is 0.802. The molecule has 1 saturated heterocycles. The van der Waals surface area contributed by atoms with Gasteiger partial charge in [-0.15, -0.1) is 0 Å². The normalized spacial score (nSPS) is 20.4. The molecule has 2 aliphatic rings. The van der Waals surface area contributed by atoms with Gasteiger partial charge >= 0.3 is 0 Å². The molecule has 2 N–H and O–H groups in total. The lowest BCUT2D eigenvalue weighted by atomic mass is 10.3. The summed E-state index contributed by atoms with van der Waals surface area (Å²) in [7, 11) is 0. The third-order valence-electron chi connectivity index (χ3n) is 3.36. The summed E-state index contributed by atoms with van der Waals surface area (Å²) in [6, 6.07) is 2.06. The van der Waals surface area contributed by atoms with E-state index in [1.165, 1.54) is 12.8 Å². The number of aromatic nitrogens is 2. The standard InChI is InChI=1S/C12H19N5/c1-2-10(1)8-14-11-7-12(16-9-15-11)17-5-3-13-4-6-17/h7,9-10,13H,1-6,8H2,(H,14,15,16). The van der Waals surface area contributed by atoms with E-state index in [0.717, 1.165) is 50.3 Å². The Labute approximate surface area is 102 Å². The van der Waals surface area contributed by atoms with Crippen molar-refractivity contribution >= 4 is 11.6 Å². The van der Waals surface area contributed by atoms with Gasteiger partial charge in [0.25, 0.3) is 0 Å². The second-order valence-electron chi connectivity index (χ2n) is 4.82. The number of hydrogen-bond acceptors (Lipinski definition) is 5. The molecule has 0 bridgehead atoms. The summed E-state index contributed by atoms with van der Waals surface area (Å²) in [4.78, 5) is 10.9. The maximum atomic E-state index is 4.35. The van der Waals surface area contributed by atoms with Crippen molar-refractivity contribution in [1.29, 1.82) is 0 Å². The van der Waals surface area contributed by atoms with Gasteiger partial charge in [-0.25, -0.2) is 9.97 Å². The van der Waals surface area contributed by atoms with Crippen molar-refractivity contribution in [2.24, 2.45) is 5.92 Å². The second-order valence-corrected chi connectivity index (χ2v) is 4.82. The summed E-state index contributed by atoms with van der Waals surface area (Å²) in [5, 5.41) is 6.74. The van der Waals surface area contributed by atoms with Crippen molar-refractivity contribution in [3.05, 3.63) is 12.4 Å². The fourth-order valence-corrected chi connectivity index (χ4v) is 2.08. The maximum Gasteiger partial charge on any atom is 0.134 e. The van der Waals surface area contributed by atoms with E-state index in [2.05, 4.69) is 31.6 Å². The van der Waals surface area contributed by atoms with Crippen LogP contribution in [0.3, 0.4) is 0 Å². The van der Waals surface area contributed by atoms with E-state index in [0.29, 0.717) is 0 Å². The third-order valence-corrected chi connectivity index (χ3v) is 3.36. The maximum absolute atomic E-state index is 4.35. The lowest BCUT2D eigenvalue weighted by Gasteiger charge is -2.28. The number of hydrogen-bond donors (Lipinski definition) is 2. The van der Waals surface area contributed by atoms with Gasteiger partial charge in [0.2, 0.25) is 0 Å². The van der Waals surface area contributed by atoms with Crippen LogP contribution >= 0.6 is 0 Å². The van der Waals surface area contributed by atoms with Gasteiger partial charge in [0, 0.05) is 38.8 Å². The first-order valence-corrected chi connectivity index (χ1v) is 6.43. The van der Waals surface area contributed by atoms with Gasteiger partial charge in [-0.3, -0.25) is 0 Å². The van der Waals surface area contributed by atoms with E-state index in [9.17, 15) is 0 Å². The van der Waals surface area contributed by atoms with Gasteiger partial charge in [-0.05, 0) is 18.8 Å². The Bertz CT molecular complexity index is 371. The average Bonchev–Trinajstić information content (AvgIpc) is 3.22. The highest BCUT2D eigenvalue weighted by Gasteiger charge is 2.21. The van der Waals surface area contributed by atoms with Crippen LogP contribution in [0, 0.1) is 5.92 Å². The molecule has 1 aromatic rings. The first-order chi connectivity index (χ1) is 8.42. The Morgan fingerprint density at radius 1 is 1.29 bits per heavy atom. The van der Waals surface area contributed by atoms with Crippen molar-refractivity contribution in [1.82, 2.24) is 15.3 Å². The van der Waals surface area contributed by atoms with Crippen LogP contribution in [0.15, 0.2) is 12.4 Å². The van der Waals surface area contributed by atoms with Gasteiger partial charge < -0.3 is 15.5 Å². The Hall–Kier alpha value is -1.36. The molecule has 0 spiro atoms. The average molecular weight is 233 g/mol. The van der Waals surface area contributed by atoms with E-state index >= 15 is 0 Å². The molecule has 17 heavy (non-hydrogen) atoms. The molecule has 0 unspecified atom stereocenters. The number of rotatable bonds is 4. The van der Waals surface area contributed by atoms with E-state index in [1.54, 1.807) is 6.33 Å². The third kappa shape index (κ3) is 2.85. The van der Waals surface area contributed by atoms with E-state index in [-0.39, 0.29) is 0 Å². The van der Waals surface area contributed by atoms with E-state index in [4.69, 9.17) is 0 Å². The lowest BCUT2D eigenvalue weighted by molar-refractivity contribution is 0.584. The van der Waals surface area contributed by atoms with Gasteiger partial charge in [-0.1, -0.05) is 0 Å². The Balaban J connectivity index is 1.64. The molecule has 0 aromatic carbocycles. The summed E-state index contributed by atoms with van der Waals surface area (Å²) in [5.41, 5.74) is 0.